The number of hydrogen-bond donors (Lipinski definition) is 1. The number of ether oxygens (including phenoxy) is 2. The highest BCUT2D eigenvalue weighted by Crippen LogP contribution is 2.30. The molecule has 0 amide bonds. The number of halogens is 4. The molecule has 1 N–H and O–H groups in total. The Morgan fingerprint density at radius 1 is 1.39 bits per heavy atom. The first kappa shape index (κ1) is 14.6. The van der Waals surface area contributed by atoms with E-state index in [1.165, 1.54) is 0 Å². The van der Waals surface area contributed by atoms with E-state index in [9.17, 15) is 26.4 Å². The quantitative estimate of drug-likeness (QED) is 0.848. The average molecular weight is 308 g/mol. The third-order valence-corrected chi connectivity index (χ3v) is 2.96. The van der Waals surface area contributed by atoms with Crippen LogP contribution in [0.4, 0.5) is 13.2 Å². The largest absolute Gasteiger partial charge is 0.573 e. The van der Waals surface area contributed by atoms with E-state index in [4.69, 9.17) is 10.7 Å². The highest BCUT2D eigenvalue weighted by molar-refractivity contribution is 8.13. The molecule has 0 aliphatic rings. The molecule has 0 aromatic carbocycles. The average Bonchev–Trinajstić information content (AvgIpc) is 2.17. The molecule has 0 aliphatic carbocycles. The van der Waals surface area contributed by atoms with Crippen LogP contribution in [0, 0.1) is 0 Å². The summed E-state index contributed by atoms with van der Waals surface area (Å²) in [4.78, 5) is 12.0. The summed E-state index contributed by atoms with van der Waals surface area (Å²) in [5.41, 5.74) is -1.44. The van der Waals surface area contributed by atoms with Gasteiger partial charge >= 0.3 is 6.36 Å². The number of nitrogens with one attached hydrogen (secondary N) is 1. The highest BCUT2D eigenvalue weighted by Gasteiger charge is 2.36. The second-order valence-electron chi connectivity index (χ2n) is 2.85. The summed E-state index contributed by atoms with van der Waals surface area (Å²) in [7, 11) is 1.37. The summed E-state index contributed by atoms with van der Waals surface area (Å²) in [6.07, 6.45) is -5.24. The second-order valence-corrected chi connectivity index (χ2v) is 5.38. The fourth-order valence-electron chi connectivity index (χ4n) is 1.00. The van der Waals surface area contributed by atoms with Crippen LogP contribution < -0.4 is 15.0 Å². The van der Waals surface area contributed by atoms with Gasteiger partial charge in [0.2, 0.25) is 5.75 Å². The first-order valence-corrected chi connectivity index (χ1v) is 6.37. The van der Waals surface area contributed by atoms with Crippen LogP contribution in [0.15, 0.2) is 15.8 Å². The van der Waals surface area contributed by atoms with Crippen molar-refractivity contribution in [2.24, 2.45) is 0 Å². The number of aromatic nitrogens is 1. The third kappa shape index (κ3) is 3.53. The Balaban J connectivity index is 3.54. The molecule has 6 nitrogen and oxygen atoms in total. The van der Waals surface area contributed by atoms with E-state index >= 15 is 0 Å². The molecule has 0 fully saturated rings. The molecule has 0 atom stereocenters. The van der Waals surface area contributed by atoms with Gasteiger partial charge < -0.3 is 9.47 Å². The SMILES string of the molecule is COc1cc(S(=O)(=O)Cl)c(OC(F)(F)F)c(=O)[nH]1. The molecule has 0 radical (unpaired) electrons. The summed E-state index contributed by atoms with van der Waals surface area (Å²) in [5, 5.41) is 0. The number of pyridine rings is 1. The first-order valence-electron chi connectivity index (χ1n) is 4.06. The number of aromatic amines is 1. The second kappa shape index (κ2) is 4.69. The monoisotopic (exact) mass is 307 g/mol. The first-order chi connectivity index (χ1) is 8.04. The predicted molar refractivity (Wildman–Crippen MR) is 53.3 cm³/mol. The molecule has 0 bridgehead atoms. The number of H-pyrrole nitrogens is 1. The molecule has 0 spiro atoms. The van der Waals surface area contributed by atoms with Crippen molar-refractivity contribution in [3.63, 3.8) is 0 Å². The minimum Gasteiger partial charge on any atom is -0.482 e. The zero-order valence-electron chi connectivity index (χ0n) is 8.54. The Bertz CT molecular complexity index is 608. The Labute approximate surface area is 103 Å². The fraction of sp³-hybridized carbons (Fsp3) is 0.286. The topological polar surface area (TPSA) is 85.5 Å². The van der Waals surface area contributed by atoms with Gasteiger partial charge in [0.15, 0.2) is 5.88 Å². The van der Waals surface area contributed by atoms with Crippen LogP contribution in [0.1, 0.15) is 0 Å². The summed E-state index contributed by atoms with van der Waals surface area (Å²) in [6.45, 7) is 0. The lowest BCUT2D eigenvalue weighted by molar-refractivity contribution is -0.276. The van der Waals surface area contributed by atoms with E-state index < -0.39 is 31.6 Å². The van der Waals surface area contributed by atoms with E-state index in [2.05, 4.69) is 9.47 Å². The van der Waals surface area contributed by atoms with Gasteiger partial charge in [-0.05, 0) is 0 Å². The molecule has 0 saturated carbocycles. The van der Waals surface area contributed by atoms with Crippen molar-refractivity contribution < 1.29 is 31.1 Å². The predicted octanol–water partition coefficient (Wildman–Crippen LogP) is 1.21. The number of methoxy groups -OCH3 is 1. The molecule has 0 aliphatic heterocycles. The van der Waals surface area contributed by atoms with E-state index in [1.54, 1.807) is 0 Å². The maximum atomic E-state index is 12.0. The Kier molecular flexibility index (Phi) is 3.81. The molecule has 1 heterocycles. The number of rotatable bonds is 3. The van der Waals surface area contributed by atoms with Crippen molar-refractivity contribution in [2.45, 2.75) is 11.3 Å². The zero-order chi connectivity index (χ0) is 14.1. The summed E-state index contributed by atoms with van der Waals surface area (Å²) in [5.74, 6) is -1.85. The standard InChI is InChI=1S/C7H5ClF3NO5S/c1-16-4-2-3(18(8,14)15)5(6(13)12-4)17-7(9,10)11/h2H,1H3,(H,12,13). The minimum atomic E-state index is -5.24. The van der Waals surface area contributed by atoms with Crippen LogP contribution in [0.5, 0.6) is 11.6 Å². The van der Waals surface area contributed by atoms with Crippen LogP contribution in [0.3, 0.4) is 0 Å². The van der Waals surface area contributed by atoms with Crippen LogP contribution in [0.2, 0.25) is 0 Å². The third-order valence-electron chi connectivity index (χ3n) is 1.63. The highest BCUT2D eigenvalue weighted by atomic mass is 35.7. The number of hydrogen-bond acceptors (Lipinski definition) is 5. The van der Waals surface area contributed by atoms with Gasteiger partial charge in [0.25, 0.3) is 14.6 Å². The molecular weight excluding hydrogens is 303 g/mol. The van der Waals surface area contributed by atoms with Crippen molar-refractivity contribution in [2.75, 3.05) is 7.11 Å². The van der Waals surface area contributed by atoms with Gasteiger partial charge in [0, 0.05) is 16.7 Å². The molecule has 0 saturated heterocycles. The van der Waals surface area contributed by atoms with Crippen molar-refractivity contribution >= 4 is 19.7 Å². The van der Waals surface area contributed by atoms with Gasteiger partial charge in [0.1, 0.15) is 4.90 Å². The van der Waals surface area contributed by atoms with E-state index in [-0.39, 0.29) is 5.88 Å². The van der Waals surface area contributed by atoms with Crippen molar-refractivity contribution in [3.8, 4) is 11.6 Å². The van der Waals surface area contributed by atoms with Gasteiger partial charge in [-0.1, -0.05) is 0 Å². The minimum absolute atomic E-state index is 0.381. The Hall–Kier alpha value is -1.42. The van der Waals surface area contributed by atoms with Crippen LogP contribution >= 0.6 is 10.7 Å². The van der Waals surface area contributed by atoms with Crippen molar-refractivity contribution in [1.29, 1.82) is 0 Å². The normalized spacial score (nSPS) is 12.3. The van der Waals surface area contributed by atoms with Crippen molar-refractivity contribution in [3.05, 3.63) is 16.4 Å². The number of alkyl halides is 3. The molecule has 0 unspecified atom stereocenters. The van der Waals surface area contributed by atoms with Gasteiger partial charge in [-0.2, -0.15) is 0 Å². The molecule has 1 aromatic heterocycles. The molecule has 102 valence electrons. The lowest BCUT2D eigenvalue weighted by Crippen LogP contribution is -2.24. The summed E-state index contributed by atoms with van der Waals surface area (Å²) < 4.78 is 66.0. The van der Waals surface area contributed by atoms with Gasteiger partial charge in [-0.15, -0.1) is 13.2 Å². The van der Waals surface area contributed by atoms with Crippen LogP contribution in [0.25, 0.3) is 0 Å². The van der Waals surface area contributed by atoms with Crippen molar-refractivity contribution in [1.82, 2.24) is 4.98 Å². The van der Waals surface area contributed by atoms with Crippen LogP contribution in [-0.2, 0) is 9.05 Å². The van der Waals surface area contributed by atoms with Gasteiger partial charge in [-0.3, -0.25) is 9.78 Å². The van der Waals surface area contributed by atoms with E-state index in [0.717, 1.165) is 7.11 Å². The fourth-order valence-corrected chi connectivity index (χ4v) is 1.95. The lowest BCUT2D eigenvalue weighted by atomic mass is 10.4. The maximum absolute atomic E-state index is 12.0. The summed E-state index contributed by atoms with van der Waals surface area (Å²) in [6, 6.07) is 0.602. The Morgan fingerprint density at radius 3 is 2.33 bits per heavy atom. The lowest BCUT2D eigenvalue weighted by Gasteiger charge is -2.11. The smallest absolute Gasteiger partial charge is 0.482 e. The summed E-state index contributed by atoms with van der Waals surface area (Å²) >= 11 is 0. The molecular formula is C7H5ClF3NO5S. The van der Waals surface area contributed by atoms with E-state index in [1.807, 2.05) is 4.98 Å². The van der Waals surface area contributed by atoms with Crippen LogP contribution in [-0.4, -0.2) is 26.9 Å². The molecule has 11 heteroatoms. The molecule has 1 aromatic rings. The molecule has 1 rings (SSSR count). The molecule has 18 heavy (non-hydrogen) atoms. The maximum Gasteiger partial charge on any atom is 0.573 e. The van der Waals surface area contributed by atoms with Gasteiger partial charge in [0.05, 0.1) is 7.11 Å². The van der Waals surface area contributed by atoms with E-state index in [0.29, 0.717) is 6.07 Å². The van der Waals surface area contributed by atoms with Gasteiger partial charge in [-0.25, -0.2) is 8.42 Å². The Morgan fingerprint density at radius 2 is 1.94 bits per heavy atom. The zero-order valence-corrected chi connectivity index (χ0v) is 10.1.